The lowest BCUT2D eigenvalue weighted by atomic mass is 9.94. The number of aromatic amines is 1. The third-order valence-electron chi connectivity index (χ3n) is 4.27. The Balaban J connectivity index is 1.74. The molecule has 3 rings (SSSR count). The second-order valence-electron chi connectivity index (χ2n) is 6.02. The van der Waals surface area contributed by atoms with Gasteiger partial charge in [0.1, 0.15) is 5.69 Å². The maximum Gasteiger partial charge on any atom is 0.111 e. The molecule has 1 saturated heterocycles. The minimum Gasteiger partial charge on any atom is -0.383 e. The molecule has 0 spiro atoms. The highest BCUT2D eigenvalue weighted by Gasteiger charge is 2.22. The highest BCUT2D eigenvalue weighted by molar-refractivity contribution is 5.54. The van der Waals surface area contributed by atoms with Gasteiger partial charge in [-0.05, 0) is 44.5 Å². The van der Waals surface area contributed by atoms with Crippen molar-refractivity contribution in [2.45, 2.75) is 25.7 Å². The van der Waals surface area contributed by atoms with Gasteiger partial charge in [-0.15, -0.1) is 0 Å². The summed E-state index contributed by atoms with van der Waals surface area (Å²) >= 11 is 0. The summed E-state index contributed by atoms with van der Waals surface area (Å²) in [5.74, 6) is 0.505. The van der Waals surface area contributed by atoms with Crippen LogP contribution in [0.3, 0.4) is 0 Å². The fraction of sp³-hybridized carbons (Fsp3) is 0.529. The number of hydrogen-bond acceptors (Lipinski definition) is 4. The molecule has 0 amide bonds. The standard InChI is InChI=1S/C17H24N4O/c1-13-11-17(20-19-13)16-7-3-6-15(18-16)14-5-4-8-21(12-14)9-10-22-2/h3,6-7,11,14H,4-5,8-10,12H2,1-2H3,(H,19,20)/t14-/m0/s1. The van der Waals surface area contributed by atoms with Crippen LogP contribution in [0.5, 0.6) is 0 Å². The van der Waals surface area contributed by atoms with Crippen molar-refractivity contribution in [1.29, 1.82) is 0 Å². The van der Waals surface area contributed by atoms with E-state index in [1.54, 1.807) is 7.11 Å². The number of nitrogens with one attached hydrogen (secondary N) is 1. The van der Waals surface area contributed by atoms with Gasteiger partial charge in [-0.1, -0.05) is 6.07 Å². The van der Waals surface area contributed by atoms with Crippen molar-refractivity contribution in [1.82, 2.24) is 20.1 Å². The Morgan fingerprint density at radius 3 is 3.05 bits per heavy atom. The molecule has 0 aromatic carbocycles. The van der Waals surface area contributed by atoms with Gasteiger partial charge in [0.05, 0.1) is 12.3 Å². The number of likely N-dealkylation sites (tertiary alicyclic amines) is 1. The predicted molar refractivity (Wildman–Crippen MR) is 86.8 cm³/mol. The van der Waals surface area contributed by atoms with Crippen LogP contribution >= 0.6 is 0 Å². The molecule has 2 aromatic rings. The maximum absolute atomic E-state index is 5.20. The highest BCUT2D eigenvalue weighted by atomic mass is 16.5. The molecule has 0 saturated carbocycles. The second-order valence-corrected chi connectivity index (χ2v) is 6.02. The van der Waals surface area contributed by atoms with E-state index in [9.17, 15) is 0 Å². The van der Waals surface area contributed by atoms with E-state index < -0.39 is 0 Å². The first-order valence-corrected chi connectivity index (χ1v) is 7.97. The summed E-state index contributed by atoms with van der Waals surface area (Å²) in [6, 6.07) is 8.31. The quantitative estimate of drug-likeness (QED) is 0.922. The van der Waals surface area contributed by atoms with E-state index >= 15 is 0 Å². The molecule has 1 aliphatic heterocycles. The minimum absolute atomic E-state index is 0.505. The molecule has 1 aliphatic rings. The summed E-state index contributed by atoms with van der Waals surface area (Å²) in [6.45, 7) is 6.05. The molecule has 0 aliphatic carbocycles. The second kappa shape index (κ2) is 7.03. The van der Waals surface area contributed by atoms with Crippen LogP contribution in [0.25, 0.3) is 11.4 Å². The minimum atomic E-state index is 0.505. The number of H-pyrrole nitrogens is 1. The van der Waals surface area contributed by atoms with Crippen molar-refractivity contribution in [3.8, 4) is 11.4 Å². The van der Waals surface area contributed by atoms with E-state index in [0.717, 1.165) is 43.3 Å². The number of ether oxygens (including phenoxy) is 1. The molecule has 5 heteroatoms. The van der Waals surface area contributed by atoms with Crippen LogP contribution < -0.4 is 0 Å². The first kappa shape index (κ1) is 15.2. The predicted octanol–water partition coefficient (Wildman–Crippen LogP) is 2.61. The van der Waals surface area contributed by atoms with Gasteiger partial charge < -0.3 is 9.64 Å². The first-order valence-electron chi connectivity index (χ1n) is 7.97. The van der Waals surface area contributed by atoms with Crippen LogP contribution in [-0.2, 0) is 4.74 Å². The van der Waals surface area contributed by atoms with Crippen molar-refractivity contribution in [3.05, 3.63) is 35.7 Å². The molecule has 3 heterocycles. The van der Waals surface area contributed by atoms with Crippen molar-refractivity contribution in [2.24, 2.45) is 0 Å². The Bertz CT molecular complexity index is 610. The summed E-state index contributed by atoms with van der Waals surface area (Å²) in [6.07, 6.45) is 2.43. The SMILES string of the molecule is COCCN1CCC[C@H](c2cccc(-c3cc(C)[nH]n3)n2)C1. The fourth-order valence-corrected chi connectivity index (χ4v) is 3.09. The van der Waals surface area contributed by atoms with Crippen LogP contribution in [0.1, 0.15) is 30.1 Å². The molecule has 118 valence electrons. The Morgan fingerprint density at radius 1 is 1.36 bits per heavy atom. The summed E-state index contributed by atoms with van der Waals surface area (Å²) in [5, 5.41) is 7.30. The number of nitrogens with zero attached hydrogens (tertiary/aromatic N) is 3. The zero-order chi connectivity index (χ0) is 15.4. The van der Waals surface area contributed by atoms with Crippen LogP contribution in [0.2, 0.25) is 0 Å². The van der Waals surface area contributed by atoms with Crippen molar-refractivity contribution < 1.29 is 4.74 Å². The number of methoxy groups -OCH3 is 1. The van der Waals surface area contributed by atoms with Gasteiger partial charge in [0.25, 0.3) is 0 Å². The molecule has 0 radical (unpaired) electrons. The average Bonchev–Trinajstić information content (AvgIpc) is 3.00. The zero-order valence-electron chi connectivity index (χ0n) is 13.4. The molecule has 5 nitrogen and oxygen atoms in total. The van der Waals surface area contributed by atoms with E-state index in [-0.39, 0.29) is 0 Å². The zero-order valence-corrected chi connectivity index (χ0v) is 13.4. The lowest BCUT2D eigenvalue weighted by Crippen LogP contribution is -2.36. The Morgan fingerprint density at radius 2 is 2.27 bits per heavy atom. The molecule has 1 N–H and O–H groups in total. The fourth-order valence-electron chi connectivity index (χ4n) is 3.09. The van der Waals surface area contributed by atoms with E-state index in [4.69, 9.17) is 9.72 Å². The first-order chi connectivity index (χ1) is 10.8. The van der Waals surface area contributed by atoms with Gasteiger partial charge >= 0.3 is 0 Å². The number of piperidine rings is 1. The smallest absolute Gasteiger partial charge is 0.111 e. The lowest BCUT2D eigenvalue weighted by molar-refractivity contribution is 0.127. The molecule has 1 atom stereocenters. The van der Waals surface area contributed by atoms with Gasteiger partial charge in [-0.25, -0.2) is 0 Å². The van der Waals surface area contributed by atoms with E-state index in [1.807, 2.05) is 19.1 Å². The van der Waals surface area contributed by atoms with Crippen molar-refractivity contribution in [3.63, 3.8) is 0 Å². The van der Waals surface area contributed by atoms with Gasteiger partial charge in [-0.2, -0.15) is 5.10 Å². The maximum atomic E-state index is 5.20. The van der Waals surface area contributed by atoms with Crippen LogP contribution in [-0.4, -0.2) is 53.4 Å². The van der Waals surface area contributed by atoms with Crippen molar-refractivity contribution >= 4 is 0 Å². The van der Waals surface area contributed by atoms with E-state index in [0.29, 0.717) is 5.92 Å². The number of hydrogen-bond donors (Lipinski definition) is 1. The summed E-state index contributed by atoms with van der Waals surface area (Å²) in [5.41, 5.74) is 4.12. The van der Waals surface area contributed by atoms with Crippen LogP contribution in [0, 0.1) is 6.92 Å². The number of pyridine rings is 1. The van der Waals surface area contributed by atoms with Gasteiger partial charge in [-0.3, -0.25) is 10.1 Å². The number of aromatic nitrogens is 3. The van der Waals surface area contributed by atoms with Crippen molar-refractivity contribution in [2.75, 3.05) is 33.4 Å². The highest BCUT2D eigenvalue weighted by Crippen LogP contribution is 2.27. The molecule has 22 heavy (non-hydrogen) atoms. The lowest BCUT2D eigenvalue weighted by Gasteiger charge is -2.32. The Hall–Kier alpha value is -1.72. The number of aryl methyl sites for hydroxylation is 1. The topological polar surface area (TPSA) is 54.0 Å². The summed E-state index contributed by atoms with van der Waals surface area (Å²) < 4.78 is 5.20. The van der Waals surface area contributed by atoms with Gasteiger partial charge in [0, 0.05) is 37.5 Å². The summed E-state index contributed by atoms with van der Waals surface area (Å²) in [7, 11) is 1.76. The third-order valence-corrected chi connectivity index (χ3v) is 4.27. The Labute approximate surface area is 131 Å². The van der Waals surface area contributed by atoms with Crippen LogP contribution in [0.15, 0.2) is 24.3 Å². The largest absolute Gasteiger partial charge is 0.383 e. The molecular formula is C17H24N4O. The average molecular weight is 300 g/mol. The van der Waals surface area contributed by atoms with Gasteiger partial charge in [0.2, 0.25) is 0 Å². The molecular weight excluding hydrogens is 276 g/mol. The van der Waals surface area contributed by atoms with Gasteiger partial charge in [0.15, 0.2) is 0 Å². The number of rotatable bonds is 5. The molecule has 1 fully saturated rings. The Kier molecular flexibility index (Phi) is 4.85. The third kappa shape index (κ3) is 3.54. The van der Waals surface area contributed by atoms with Crippen LogP contribution in [0.4, 0.5) is 0 Å². The summed E-state index contributed by atoms with van der Waals surface area (Å²) in [4.78, 5) is 7.33. The normalized spacial score (nSPS) is 19.5. The molecule has 2 aromatic heterocycles. The monoisotopic (exact) mass is 300 g/mol. The molecule has 0 bridgehead atoms. The molecule has 0 unspecified atom stereocenters. The van der Waals surface area contributed by atoms with E-state index in [1.165, 1.54) is 18.5 Å². The van der Waals surface area contributed by atoms with E-state index in [2.05, 4.69) is 27.2 Å².